The Kier molecular flexibility index (Phi) is 5.57. The number of rotatable bonds is 7. The number of nitrogens with zero attached hydrogens (tertiary/aromatic N) is 3. The SMILES string of the molecule is CCCN(CCC)c1c([N+](=O)[O-])cc(C)c(F)c1[N+](=O)[O-]. The number of benzene rings is 1. The summed E-state index contributed by atoms with van der Waals surface area (Å²) >= 11 is 0. The first-order valence-electron chi connectivity index (χ1n) is 6.71. The maximum absolute atomic E-state index is 14.1. The lowest BCUT2D eigenvalue weighted by Gasteiger charge is -2.23. The van der Waals surface area contributed by atoms with E-state index in [9.17, 15) is 24.6 Å². The van der Waals surface area contributed by atoms with Crippen molar-refractivity contribution in [2.75, 3.05) is 18.0 Å². The van der Waals surface area contributed by atoms with Crippen LogP contribution in [0.3, 0.4) is 0 Å². The lowest BCUT2D eigenvalue weighted by atomic mass is 10.1. The van der Waals surface area contributed by atoms with E-state index in [2.05, 4.69) is 0 Å². The van der Waals surface area contributed by atoms with Crippen LogP contribution in [0.1, 0.15) is 32.3 Å². The molecule has 21 heavy (non-hydrogen) atoms. The molecule has 8 heteroatoms. The molecule has 116 valence electrons. The van der Waals surface area contributed by atoms with E-state index in [1.807, 2.05) is 13.8 Å². The van der Waals surface area contributed by atoms with Gasteiger partial charge in [-0.15, -0.1) is 0 Å². The highest BCUT2D eigenvalue weighted by Gasteiger charge is 2.34. The highest BCUT2D eigenvalue weighted by Crippen LogP contribution is 2.41. The van der Waals surface area contributed by atoms with Crippen molar-refractivity contribution in [1.29, 1.82) is 0 Å². The Morgan fingerprint density at radius 3 is 2.05 bits per heavy atom. The van der Waals surface area contributed by atoms with Crippen LogP contribution in [0, 0.1) is 33.0 Å². The van der Waals surface area contributed by atoms with Crippen LogP contribution in [-0.2, 0) is 0 Å². The molecule has 0 saturated heterocycles. The first-order chi connectivity index (χ1) is 9.84. The van der Waals surface area contributed by atoms with Gasteiger partial charge in [-0.2, -0.15) is 4.39 Å². The zero-order valence-electron chi connectivity index (χ0n) is 12.3. The van der Waals surface area contributed by atoms with Crippen molar-refractivity contribution in [3.8, 4) is 0 Å². The molecule has 0 spiro atoms. The van der Waals surface area contributed by atoms with Crippen molar-refractivity contribution >= 4 is 17.1 Å². The van der Waals surface area contributed by atoms with E-state index in [0.29, 0.717) is 25.9 Å². The normalized spacial score (nSPS) is 10.5. The largest absolute Gasteiger partial charge is 0.360 e. The Balaban J connectivity index is 3.67. The number of hydrogen-bond acceptors (Lipinski definition) is 5. The third-order valence-electron chi connectivity index (χ3n) is 3.06. The fraction of sp³-hybridized carbons (Fsp3) is 0.538. The second-order valence-corrected chi connectivity index (χ2v) is 4.73. The standard InChI is InChI=1S/C13H18FN3O4/c1-4-6-15(7-5-2)12-10(16(18)19)8-9(3)11(14)13(12)17(20)21/h8H,4-7H2,1-3H3. The average molecular weight is 299 g/mol. The maximum atomic E-state index is 14.1. The fourth-order valence-electron chi connectivity index (χ4n) is 2.24. The van der Waals surface area contributed by atoms with Crippen LogP contribution >= 0.6 is 0 Å². The van der Waals surface area contributed by atoms with E-state index in [1.165, 1.54) is 11.8 Å². The van der Waals surface area contributed by atoms with Crippen LogP contribution in [-0.4, -0.2) is 22.9 Å². The van der Waals surface area contributed by atoms with Gasteiger partial charge in [0.2, 0.25) is 5.82 Å². The molecule has 0 aliphatic heterocycles. The van der Waals surface area contributed by atoms with Crippen LogP contribution in [0.15, 0.2) is 6.07 Å². The zero-order chi connectivity index (χ0) is 16.2. The number of aryl methyl sites for hydroxylation is 1. The minimum atomic E-state index is -1.02. The summed E-state index contributed by atoms with van der Waals surface area (Å²) in [4.78, 5) is 22.3. The van der Waals surface area contributed by atoms with Crippen molar-refractivity contribution in [1.82, 2.24) is 0 Å². The van der Waals surface area contributed by atoms with Gasteiger partial charge >= 0.3 is 5.69 Å². The molecule has 0 aliphatic rings. The molecular weight excluding hydrogens is 281 g/mol. The van der Waals surface area contributed by atoms with E-state index in [4.69, 9.17) is 0 Å². The Hall–Kier alpha value is -2.25. The third-order valence-corrected chi connectivity index (χ3v) is 3.06. The number of anilines is 1. The van der Waals surface area contributed by atoms with Crippen LogP contribution < -0.4 is 4.90 Å². The Morgan fingerprint density at radius 2 is 1.67 bits per heavy atom. The lowest BCUT2D eigenvalue weighted by Crippen LogP contribution is -2.27. The summed E-state index contributed by atoms with van der Waals surface area (Å²) < 4.78 is 14.1. The second kappa shape index (κ2) is 6.96. The molecule has 0 radical (unpaired) electrons. The Bertz CT molecular complexity index is 557. The van der Waals surface area contributed by atoms with E-state index in [-0.39, 0.29) is 11.3 Å². The second-order valence-electron chi connectivity index (χ2n) is 4.73. The molecule has 0 bridgehead atoms. The molecule has 1 aromatic rings. The van der Waals surface area contributed by atoms with Crippen molar-refractivity contribution in [2.24, 2.45) is 0 Å². The topological polar surface area (TPSA) is 89.5 Å². The first kappa shape index (κ1) is 16.8. The fourth-order valence-corrected chi connectivity index (χ4v) is 2.24. The molecule has 0 fully saturated rings. The molecule has 1 aromatic carbocycles. The molecular formula is C13H18FN3O4. The van der Waals surface area contributed by atoms with Gasteiger partial charge in [-0.3, -0.25) is 20.2 Å². The number of nitro groups is 2. The Labute approximate surface area is 121 Å². The molecule has 0 saturated carbocycles. The van der Waals surface area contributed by atoms with Crippen molar-refractivity contribution in [2.45, 2.75) is 33.6 Å². The zero-order valence-corrected chi connectivity index (χ0v) is 12.3. The smallest absolute Gasteiger partial charge is 0.335 e. The van der Waals surface area contributed by atoms with Gasteiger partial charge in [0.1, 0.15) is 0 Å². The number of hydrogen-bond donors (Lipinski definition) is 0. The summed E-state index contributed by atoms with van der Waals surface area (Å²) in [5, 5.41) is 22.4. The van der Waals surface area contributed by atoms with Gasteiger partial charge in [-0.25, -0.2) is 0 Å². The molecule has 0 heterocycles. The van der Waals surface area contributed by atoms with Gasteiger partial charge in [0.15, 0.2) is 5.69 Å². The van der Waals surface area contributed by atoms with E-state index in [1.54, 1.807) is 0 Å². The molecule has 0 unspecified atom stereocenters. The molecule has 0 atom stereocenters. The third kappa shape index (κ3) is 3.45. The average Bonchev–Trinajstić information content (AvgIpc) is 2.40. The molecule has 0 amide bonds. The van der Waals surface area contributed by atoms with E-state index >= 15 is 0 Å². The molecule has 0 aliphatic carbocycles. The van der Waals surface area contributed by atoms with E-state index in [0.717, 1.165) is 6.07 Å². The van der Waals surface area contributed by atoms with Crippen molar-refractivity contribution in [3.05, 3.63) is 37.7 Å². The van der Waals surface area contributed by atoms with Crippen LogP contribution in [0.2, 0.25) is 0 Å². The molecule has 1 rings (SSSR count). The van der Waals surface area contributed by atoms with E-state index < -0.39 is 27.0 Å². The van der Waals surface area contributed by atoms with Crippen LogP contribution in [0.25, 0.3) is 0 Å². The summed E-state index contributed by atoms with van der Waals surface area (Å²) in [6, 6.07) is 1.05. The maximum Gasteiger partial charge on any atom is 0.335 e. The van der Waals surface area contributed by atoms with Gasteiger partial charge in [0, 0.05) is 19.2 Å². The summed E-state index contributed by atoms with van der Waals surface area (Å²) in [5.41, 5.74) is -1.59. The van der Waals surface area contributed by atoms with Gasteiger partial charge in [-0.1, -0.05) is 13.8 Å². The summed E-state index contributed by atoms with van der Waals surface area (Å²) in [6.07, 6.45) is 1.29. The molecule has 7 nitrogen and oxygen atoms in total. The van der Waals surface area contributed by atoms with Gasteiger partial charge in [0.25, 0.3) is 5.69 Å². The quantitative estimate of drug-likeness (QED) is 0.567. The van der Waals surface area contributed by atoms with Gasteiger partial charge in [0.05, 0.1) is 9.85 Å². The van der Waals surface area contributed by atoms with Gasteiger partial charge < -0.3 is 4.90 Å². The minimum absolute atomic E-state index is 0.106. The van der Waals surface area contributed by atoms with Crippen molar-refractivity contribution in [3.63, 3.8) is 0 Å². The number of nitro benzene ring substituents is 2. The summed E-state index contributed by atoms with van der Waals surface area (Å²) in [6.45, 7) is 5.76. The Morgan fingerprint density at radius 1 is 1.14 bits per heavy atom. The molecule has 0 N–H and O–H groups in total. The van der Waals surface area contributed by atoms with Crippen molar-refractivity contribution < 1.29 is 14.2 Å². The van der Waals surface area contributed by atoms with Crippen LogP contribution in [0.5, 0.6) is 0 Å². The lowest BCUT2D eigenvalue weighted by molar-refractivity contribution is -0.394. The minimum Gasteiger partial charge on any atom is -0.360 e. The predicted molar refractivity (Wildman–Crippen MR) is 77.2 cm³/mol. The highest BCUT2D eigenvalue weighted by molar-refractivity contribution is 5.76. The van der Waals surface area contributed by atoms with Gasteiger partial charge in [-0.05, 0) is 25.3 Å². The number of halogens is 1. The highest BCUT2D eigenvalue weighted by atomic mass is 19.1. The molecule has 0 aromatic heterocycles. The first-order valence-corrected chi connectivity index (χ1v) is 6.71. The predicted octanol–water partition coefficient (Wildman–Crippen LogP) is 3.58. The monoisotopic (exact) mass is 299 g/mol. The summed E-state index contributed by atoms with van der Waals surface area (Å²) in [5.74, 6) is -1.02. The van der Waals surface area contributed by atoms with Crippen LogP contribution in [0.4, 0.5) is 21.5 Å². The summed E-state index contributed by atoms with van der Waals surface area (Å²) in [7, 11) is 0.